The number of urea groups is 1. The maximum absolute atomic E-state index is 12.2. The van der Waals surface area contributed by atoms with Crippen molar-refractivity contribution < 1.29 is 9.59 Å². The van der Waals surface area contributed by atoms with Crippen molar-refractivity contribution in [1.29, 1.82) is 0 Å². The van der Waals surface area contributed by atoms with Crippen molar-refractivity contribution in [2.24, 2.45) is 11.1 Å². The average molecular weight is 284 g/mol. The Morgan fingerprint density at radius 3 is 2.55 bits per heavy atom. The van der Waals surface area contributed by atoms with Crippen LogP contribution in [-0.2, 0) is 4.79 Å². The molecule has 0 saturated carbocycles. The number of carbonyl (C=O) groups is 2. The van der Waals surface area contributed by atoms with Crippen LogP contribution in [0.4, 0.5) is 4.79 Å². The van der Waals surface area contributed by atoms with Crippen molar-refractivity contribution in [3.63, 3.8) is 0 Å². The lowest BCUT2D eigenvalue weighted by atomic mass is 9.81. The minimum atomic E-state index is -0.644. The molecule has 0 aliphatic carbocycles. The van der Waals surface area contributed by atoms with E-state index in [1.54, 1.807) is 0 Å². The number of unbranched alkanes of at least 4 members (excludes halogenated alkanes) is 1. The molecule has 1 aliphatic heterocycles. The zero-order valence-corrected chi connectivity index (χ0v) is 12.6. The van der Waals surface area contributed by atoms with Crippen molar-refractivity contribution in [1.82, 2.24) is 16.0 Å². The average Bonchev–Trinajstić information content (AvgIpc) is 2.41. The van der Waals surface area contributed by atoms with E-state index in [-0.39, 0.29) is 11.3 Å². The summed E-state index contributed by atoms with van der Waals surface area (Å²) in [7, 11) is 0. The van der Waals surface area contributed by atoms with Crippen molar-refractivity contribution in [3.8, 4) is 0 Å². The van der Waals surface area contributed by atoms with Crippen LogP contribution < -0.4 is 21.7 Å². The molecule has 5 N–H and O–H groups in total. The van der Waals surface area contributed by atoms with Gasteiger partial charge in [-0.2, -0.15) is 0 Å². The van der Waals surface area contributed by atoms with Crippen LogP contribution in [0.2, 0.25) is 0 Å². The monoisotopic (exact) mass is 284 g/mol. The summed E-state index contributed by atoms with van der Waals surface area (Å²) in [6.45, 7) is 6.87. The predicted molar refractivity (Wildman–Crippen MR) is 79.3 cm³/mol. The molecule has 1 saturated heterocycles. The Labute approximate surface area is 121 Å². The second kappa shape index (κ2) is 8.09. The number of carbonyl (C=O) groups excluding carboxylic acids is 2. The van der Waals surface area contributed by atoms with Gasteiger partial charge in [-0.3, -0.25) is 4.79 Å². The molecule has 1 atom stereocenters. The highest BCUT2D eigenvalue weighted by molar-refractivity contribution is 5.86. The van der Waals surface area contributed by atoms with Crippen molar-refractivity contribution in [3.05, 3.63) is 0 Å². The van der Waals surface area contributed by atoms with Gasteiger partial charge in [0.15, 0.2) is 0 Å². The SMILES string of the molecule is CCCCC(NC(N)=O)C(=O)NCC1(C)CCNCC1. The minimum Gasteiger partial charge on any atom is -0.354 e. The van der Waals surface area contributed by atoms with Crippen LogP contribution in [0.15, 0.2) is 0 Å². The molecule has 0 aromatic heterocycles. The number of primary amides is 1. The summed E-state index contributed by atoms with van der Waals surface area (Å²) in [6.07, 6.45) is 4.60. The summed E-state index contributed by atoms with van der Waals surface area (Å²) in [5, 5.41) is 8.82. The molecule has 0 aromatic rings. The second-order valence-electron chi connectivity index (χ2n) is 5.98. The van der Waals surface area contributed by atoms with Gasteiger partial charge in [0, 0.05) is 6.54 Å². The standard InChI is InChI=1S/C14H28N4O2/c1-3-4-5-11(18-13(15)20)12(19)17-10-14(2)6-8-16-9-7-14/h11,16H,3-10H2,1-2H3,(H,17,19)(H3,15,18,20). The number of rotatable bonds is 7. The van der Waals surface area contributed by atoms with Gasteiger partial charge in [-0.25, -0.2) is 4.79 Å². The molecular weight excluding hydrogens is 256 g/mol. The van der Waals surface area contributed by atoms with E-state index < -0.39 is 12.1 Å². The fourth-order valence-corrected chi connectivity index (χ4v) is 2.48. The van der Waals surface area contributed by atoms with Crippen LogP contribution >= 0.6 is 0 Å². The van der Waals surface area contributed by atoms with E-state index in [0.717, 1.165) is 38.8 Å². The molecule has 1 fully saturated rings. The number of nitrogens with two attached hydrogens (primary N) is 1. The molecule has 6 nitrogen and oxygen atoms in total. The molecule has 1 rings (SSSR count). The van der Waals surface area contributed by atoms with Crippen LogP contribution in [-0.4, -0.2) is 37.6 Å². The zero-order chi connectivity index (χ0) is 15.0. The molecule has 1 unspecified atom stereocenters. The first-order valence-corrected chi connectivity index (χ1v) is 7.51. The lowest BCUT2D eigenvalue weighted by Gasteiger charge is -2.34. The molecule has 20 heavy (non-hydrogen) atoms. The first kappa shape index (κ1) is 16.8. The van der Waals surface area contributed by atoms with Crippen LogP contribution in [0, 0.1) is 5.41 Å². The molecule has 6 heteroatoms. The summed E-state index contributed by atoms with van der Waals surface area (Å²) in [4.78, 5) is 23.1. The Balaban J connectivity index is 2.45. The van der Waals surface area contributed by atoms with Crippen molar-refractivity contribution in [2.75, 3.05) is 19.6 Å². The van der Waals surface area contributed by atoms with Crippen LogP contribution in [0.3, 0.4) is 0 Å². The molecule has 116 valence electrons. The van der Waals surface area contributed by atoms with Gasteiger partial charge in [0.1, 0.15) is 6.04 Å². The van der Waals surface area contributed by atoms with E-state index in [4.69, 9.17) is 5.73 Å². The maximum Gasteiger partial charge on any atom is 0.312 e. The first-order valence-electron chi connectivity index (χ1n) is 7.51. The fourth-order valence-electron chi connectivity index (χ4n) is 2.48. The Morgan fingerprint density at radius 1 is 1.35 bits per heavy atom. The van der Waals surface area contributed by atoms with Gasteiger partial charge in [-0.1, -0.05) is 26.7 Å². The molecular formula is C14H28N4O2. The van der Waals surface area contributed by atoms with Gasteiger partial charge in [-0.05, 0) is 37.8 Å². The quantitative estimate of drug-likeness (QED) is 0.554. The highest BCUT2D eigenvalue weighted by Gasteiger charge is 2.28. The highest BCUT2D eigenvalue weighted by Crippen LogP contribution is 2.26. The maximum atomic E-state index is 12.2. The number of amides is 3. The van der Waals surface area contributed by atoms with E-state index in [1.165, 1.54) is 0 Å². The largest absolute Gasteiger partial charge is 0.354 e. The van der Waals surface area contributed by atoms with E-state index in [2.05, 4.69) is 29.8 Å². The smallest absolute Gasteiger partial charge is 0.312 e. The van der Waals surface area contributed by atoms with Gasteiger partial charge in [-0.15, -0.1) is 0 Å². The second-order valence-corrected chi connectivity index (χ2v) is 5.98. The first-order chi connectivity index (χ1) is 9.47. The summed E-state index contributed by atoms with van der Waals surface area (Å²) >= 11 is 0. The van der Waals surface area contributed by atoms with Crippen molar-refractivity contribution in [2.45, 2.75) is 52.0 Å². The topological polar surface area (TPSA) is 96.2 Å². The number of hydrogen-bond donors (Lipinski definition) is 4. The van der Waals surface area contributed by atoms with Gasteiger partial charge in [0.2, 0.25) is 5.91 Å². The van der Waals surface area contributed by atoms with Crippen LogP contribution in [0.1, 0.15) is 46.0 Å². The highest BCUT2D eigenvalue weighted by atomic mass is 16.2. The predicted octanol–water partition coefficient (Wildman–Crippen LogP) is 0.719. The molecule has 1 heterocycles. The molecule has 1 aliphatic rings. The molecule has 0 bridgehead atoms. The molecule has 0 spiro atoms. The fraction of sp³-hybridized carbons (Fsp3) is 0.857. The van der Waals surface area contributed by atoms with Gasteiger partial charge >= 0.3 is 6.03 Å². The normalized spacial score (nSPS) is 19.1. The lowest BCUT2D eigenvalue weighted by Crippen LogP contribution is -2.51. The summed E-state index contributed by atoms with van der Waals surface area (Å²) in [5.74, 6) is -0.128. The van der Waals surface area contributed by atoms with E-state index in [9.17, 15) is 9.59 Å². The third kappa shape index (κ3) is 5.77. The van der Waals surface area contributed by atoms with E-state index in [0.29, 0.717) is 13.0 Å². The van der Waals surface area contributed by atoms with Crippen LogP contribution in [0.25, 0.3) is 0 Å². The van der Waals surface area contributed by atoms with Gasteiger partial charge < -0.3 is 21.7 Å². The lowest BCUT2D eigenvalue weighted by molar-refractivity contribution is -0.123. The van der Waals surface area contributed by atoms with Gasteiger partial charge in [0.25, 0.3) is 0 Å². The third-order valence-electron chi connectivity index (χ3n) is 3.98. The number of piperidine rings is 1. The zero-order valence-electron chi connectivity index (χ0n) is 12.6. The van der Waals surface area contributed by atoms with Crippen molar-refractivity contribution >= 4 is 11.9 Å². The number of hydrogen-bond acceptors (Lipinski definition) is 3. The minimum absolute atomic E-state index is 0.128. The van der Waals surface area contributed by atoms with Gasteiger partial charge in [0.05, 0.1) is 0 Å². The summed E-state index contributed by atoms with van der Waals surface area (Å²) in [5.41, 5.74) is 5.27. The third-order valence-corrected chi connectivity index (χ3v) is 3.98. The molecule has 0 aromatic carbocycles. The Bertz CT molecular complexity index is 327. The van der Waals surface area contributed by atoms with E-state index >= 15 is 0 Å². The Kier molecular flexibility index (Phi) is 6.78. The summed E-state index contributed by atoms with van der Waals surface area (Å²) in [6, 6.07) is -1.16. The Hall–Kier alpha value is -1.30. The summed E-state index contributed by atoms with van der Waals surface area (Å²) < 4.78 is 0. The molecule has 3 amide bonds. The molecule has 0 radical (unpaired) electrons. The van der Waals surface area contributed by atoms with E-state index in [1.807, 2.05) is 0 Å². The van der Waals surface area contributed by atoms with Crippen LogP contribution in [0.5, 0.6) is 0 Å². The Morgan fingerprint density at radius 2 is 2.00 bits per heavy atom. The number of nitrogens with one attached hydrogen (secondary N) is 3.